The van der Waals surface area contributed by atoms with E-state index in [-0.39, 0.29) is 5.41 Å². The van der Waals surface area contributed by atoms with E-state index in [0.717, 1.165) is 5.69 Å². The number of anilines is 1. The largest absolute Gasteiger partial charge is 0.399 e. The Morgan fingerprint density at radius 1 is 0.394 bits per heavy atom. The van der Waals surface area contributed by atoms with E-state index in [9.17, 15) is 0 Å². The Morgan fingerprint density at radius 3 is 1.18 bits per heavy atom. The highest BCUT2D eigenvalue weighted by Gasteiger charge is 2.31. The molecule has 0 amide bonds. The summed E-state index contributed by atoms with van der Waals surface area (Å²) in [5.41, 5.74) is 15.0. The van der Waals surface area contributed by atoms with E-state index in [0.29, 0.717) is 0 Å². The van der Waals surface area contributed by atoms with Gasteiger partial charge in [-0.15, -0.1) is 0 Å². The van der Waals surface area contributed by atoms with Crippen LogP contribution in [-0.4, -0.2) is 0 Å². The topological polar surface area (TPSA) is 26.0 Å². The summed E-state index contributed by atoms with van der Waals surface area (Å²) >= 11 is 0. The molecule has 0 bridgehead atoms. The lowest BCUT2D eigenvalue weighted by molar-refractivity contribution is 0.693. The van der Waals surface area contributed by atoms with Gasteiger partial charge in [0, 0.05) is 11.1 Å². The maximum absolute atomic E-state index is 5.86. The Morgan fingerprint density at radius 2 is 0.727 bits per heavy atom. The number of benzene rings is 5. The molecule has 1 heteroatoms. The van der Waals surface area contributed by atoms with Gasteiger partial charge in [0.15, 0.2) is 0 Å². The highest BCUT2D eigenvalue weighted by atomic mass is 14.5. The molecule has 5 aromatic rings. The average molecular weight is 426 g/mol. The predicted octanol–water partition coefficient (Wildman–Crippen LogP) is 7.96. The van der Waals surface area contributed by atoms with E-state index in [1.807, 2.05) is 12.1 Å². The number of hydrogen-bond donors (Lipinski definition) is 1. The highest BCUT2D eigenvalue weighted by Crippen LogP contribution is 2.40. The van der Waals surface area contributed by atoms with Crippen LogP contribution in [0, 0.1) is 0 Å². The van der Waals surface area contributed by atoms with E-state index in [2.05, 4.69) is 128 Å². The van der Waals surface area contributed by atoms with E-state index >= 15 is 0 Å². The van der Waals surface area contributed by atoms with Crippen molar-refractivity contribution in [1.29, 1.82) is 0 Å². The summed E-state index contributed by atoms with van der Waals surface area (Å²) in [4.78, 5) is 0. The molecule has 0 aliphatic carbocycles. The summed E-state index contributed by atoms with van der Waals surface area (Å²) < 4.78 is 0. The molecule has 1 unspecified atom stereocenters. The number of nitrogen functional groups attached to an aromatic ring is 1. The molecule has 0 saturated carbocycles. The quantitative estimate of drug-likeness (QED) is 0.224. The molecule has 0 spiro atoms. The Kier molecular flexibility index (Phi) is 5.54. The second kappa shape index (κ2) is 8.80. The zero-order chi connectivity index (χ0) is 22.7. The number of rotatable bonds is 5. The monoisotopic (exact) mass is 425 g/mol. The van der Waals surface area contributed by atoms with Gasteiger partial charge in [0.1, 0.15) is 0 Å². The maximum atomic E-state index is 5.86. The van der Waals surface area contributed by atoms with Gasteiger partial charge in [-0.25, -0.2) is 0 Å². The van der Waals surface area contributed by atoms with Crippen LogP contribution in [0.3, 0.4) is 0 Å². The first kappa shape index (κ1) is 20.8. The smallest absolute Gasteiger partial charge is 0.0423 e. The van der Waals surface area contributed by atoms with Crippen molar-refractivity contribution < 1.29 is 0 Å². The molecule has 160 valence electrons. The first-order valence-corrected chi connectivity index (χ1v) is 11.3. The summed E-state index contributed by atoms with van der Waals surface area (Å²) in [6.45, 7) is 2.32. The van der Waals surface area contributed by atoms with E-state index in [1.54, 1.807) is 0 Å². The van der Waals surface area contributed by atoms with Crippen molar-refractivity contribution in [3.8, 4) is 22.3 Å². The van der Waals surface area contributed by atoms with Gasteiger partial charge < -0.3 is 5.73 Å². The summed E-state index contributed by atoms with van der Waals surface area (Å²) in [6, 6.07) is 47.3. The lowest BCUT2D eigenvalue weighted by atomic mass is 9.70. The lowest BCUT2D eigenvalue weighted by Gasteiger charge is -2.32. The molecule has 5 rings (SSSR count). The molecule has 1 nitrogen and oxygen atoms in total. The van der Waals surface area contributed by atoms with Crippen molar-refractivity contribution in [2.24, 2.45) is 0 Å². The van der Waals surface area contributed by atoms with E-state index in [4.69, 9.17) is 5.73 Å². The molecule has 0 aliphatic heterocycles. The molecular weight excluding hydrogens is 398 g/mol. The minimum atomic E-state index is -0.268. The van der Waals surface area contributed by atoms with Crippen molar-refractivity contribution >= 4 is 5.69 Å². The molecule has 0 heterocycles. The molecule has 0 saturated heterocycles. The molecule has 0 fully saturated rings. The molecule has 0 aromatic heterocycles. The summed E-state index contributed by atoms with van der Waals surface area (Å²) in [6.07, 6.45) is 0. The first-order valence-electron chi connectivity index (χ1n) is 11.3. The summed E-state index contributed by atoms with van der Waals surface area (Å²) in [5.74, 6) is 0. The van der Waals surface area contributed by atoms with Crippen molar-refractivity contribution in [3.63, 3.8) is 0 Å². The van der Waals surface area contributed by atoms with Gasteiger partial charge in [-0.2, -0.15) is 0 Å². The zero-order valence-corrected chi connectivity index (χ0v) is 18.8. The van der Waals surface area contributed by atoms with Crippen LogP contribution in [0.15, 0.2) is 133 Å². The SMILES string of the molecule is CC(c1ccccc1)(c1ccc(-c2ccccc2)cc1)c1ccc(-c2ccc(N)cc2)cc1. The van der Waals surface area contributed by atoms with Gasteiger partial charge in [0.25, 0.3) is 0 Å². The van der Waals surface area contributed by atoms with Crippen LogP contribution in [0.25, 0.3) is 22.3 Å². The zero-order valence-electron chi connectivity index (χ0n) is 18.8. The van der Waals surface area contributed by atoms with Crippen molar-refractivity contribution in [2.75, 3.05) is 5.73 Å². The van der Waals surface area contributed by atoms with Crippen molar-refractivity contribution in [1.82, 2.24) is 0 Å². The van der Waals surface area contributed by atoms with Gasteiger partial charge >= 0.3 is 0 Å². The van der Waals surface area contributed by atoms with E-state index < -0.39 is 0 Å². The van der Waals surface area contributed by atoms with Gasteiger partial charge in [-0.3, -0.25) is 0 Å². The van der Waals surface area contributed by atoms with Crippen molar-refractivity contribution in [2.45, 2.75) is 12.3 Å². The molecule has 2 N–H and O–H groups in total. The van der Waals surface area contributed by atoms with Gasteiger partial charge in [-0.05, 0) is 58.0 Å². The minimum absolute atomic E-state index is 0.268. The second-order valence-electron chi connectivity index (χ2n) is 8.63. The highest BCUT2D eigenvalue weighted by molar-refractivity contribution is 5.67. The van der Waals surface area contributed by atoms with Crippen LogP contribution in [0.1, 0.15) is 23.6 Å². The van der Waals surface area contributed by atoms with Crippen LogP contribution >= 0.6 is 0 Å². The third-order valence-electron chi connectivity index (χ3n) is 6.63. The number of nitrogens with two attached hydrogens (primary N) is 1. The van der Waals surface area contributed by atoms with Crippen LogP contribution in [-0.2, 0) is 5.41 Å². The third kappa shape index (κ3) is 4.06. The Bertz CT molecular complexity index is 1320. The van der Waals surface area contributed by atoms with Gasteiger partial charge in [0.2, 0.25) is 0 Å². The maximum Gasteiger partial charge on any atom is 0.0423 e. The fourth-order valence-electron chi connectivity index (χ4n) is 4.57. The predicted molar refractivity (Wildman–Crippen MR) is 140 cm³/mol. The molecular formula is C32H27N. The van der Waals surface area contributed by atoms with Gasteiger partial charge in [0.05, 0.1) is 0 Å². The van der Waals surface area contributed by atoms with Crippen LogP contribution in [0.4, 0.5) is 5.69 Å². The minimum Gasteiger partial charge on any atom is -0.399 e. The molecule has 0 radical (unpaired) electrons. The Hall–Kier alpha value is -4.10. The Balaban J connectivity index is 1.57. The van der Waals surface area contributed by atoms with Gasteiger partial charge in [-0.1, -0.05) is 121 Å². The molecule has 33 heavy (non-hydrogen) atoms. The fraction of sp³-hybridized carbons (Fsp3) is 0.0625. The summed E-state index contributed by atoms with van der Waals surface area (Å²) in [7, 11) is 0. The first-order chi connectivity index (χ1) is 16.1. The Labute approximate surface area is 196 Å². The van der Waals surface area contributed by atoms with Crippen molar-refractivity contribution in [3.05, 3.63) is 150 Å². The standard InChI is InChI=1S/C32H27N/c1-32(28-10-6-3-7-11-28,29-18-12-25(13-19-29)24-8-4-2-5-9-24)30-20-14-26(15-21-30)27-16-22-31(33)23-17-27/h2-23H,33H2,1H3. The fourth-order valence-corrected chi connectivity index (χ4v) is 4.57. The third-order valence-corrected chi connectivity index (χ3v) is 6.63. The lowest BCUT2D eigenvalue weighted by Crippen LogP contribution is -2.25. The normalized spacial score (nSPS) is 12.8. The van der Waals surface area contributed by atoms with Crippen LogP contribution in [0.5, 0.6) is 0 Å². The summed E-state index contributed by atoms with van der Waals surface area (Å²) in [5, 5.41) is 0. The van der Waals surface area contributed by atoms with Crippen LogP contribution < -0.4 is 5.73 Å². The van der Waals surface area contributed by atoms with E-state index in [1.165, 1.54) is 38.9 Å². The van der Waals surface area contributed by atoms with Crippen LogP contribution in [0.2, 0.25) is 0 Å². The molecule has 1 atom stereocenters. The average Bonchev–Trinajstić information content (AvgIpc) is 2.90. The molecule has 0 aliphatic rings. The molecule has 5 aromatic carbocycles. The number of hydrogen-bond acceptors (Lipinski definition) is 1. The second-order valence-corrected chi connectivity index (χ2v) is 8.63.